The van der Waals surface area contributed by atoms with Gasteiger partial charge in [-0.25, -0.2) is 4.79 Å². The number of methoxy groups -OCH3 is 1. The number of hydrogen-bond donors (Lipinski definition) is 2. The number of benzene rings is 3. The number of esters is 1. The number of rotatable bonds is 6. The Morgan fingerprint density at radius 2 is 1.83 bits per heavy atom. The van der Waals surface area contributed by atoms with Crippen LogP contribution in [0.1, 0.15) is 12.5 Å². The fourth-order valence-electron chi connectivity index (χ4n) is 2.80. The second-order valence-corrected chi connectivity index (χ2v) is 6.36. The number of nitrogens with one attached hydrogen (secondary N) is 1. The van der Waals surface area contributed by atoms with Crippen LogP contribution in [0.2, 0.25) is 0 Å². The molecular formula is C23H21NO5. The lowest BCUT2D eigenvalue weighted by Gasteiger charge is -2.14. The lowest BCUT2D eigenvalue weighted by atomic mass is 10.1. The Bertz CT molecular complexity index is 1070. The van der Waals surface area contributed by atoms with Gasteiger partial charge < -0.3 is 19.9 Å². The van der Waals surface area contributed by atoms with E-state index in [1.807, 2.05) is 36.4 Å². The molecule has 6 nitrogen and oxygen atoms in total. The first-order valence-corrected chi connectivity index (χ1v) is 9.02. The van der Waals surface area contributed by atoms with Crippen molar-refractivity contribution in [2.75, 3.05) is 12.4 Å². The van der Waals surface area contributed by atoms with E-state index < -0.39 is 18.0 Å². The van der Waals surface area contributed by atoms with E-state index in [0.29, 0.717) is 17.0 Å². The standard InChI is InChI=1S/C23H21NO5/c1-15(23(27)24-19-9-5-7-17-6-3-4-8-18(17)19)29-22(26)13-11-16-10-12-20(25)21(14-16)28-2/h3-15,25H,1-2H3,(H,24,27)/b13-11+/t15-/m0/s1. The third-order valence-corrected chi connectivity index (χ3v) is 4.33. The van der Waals surface area contributed by atoms with Gasteiger partial charge in [-0.05, 0) is 42.1 Å². The number of carbonyl (C=O) groups is 2. The minimum atomic E-state index is -0.972. The molecule has 0 aromatic heterocycles. The van der Waals surface area contributed by atoms with Crippen molar-refractivity contribution in [1.82, 2.24) is 0 Å². The number of ether oxygens (including phenoxy) is 2. The van der Waals surface area contributed by atoms with Gasteiger partial charge in [0.1, 0.15) is 0 Å². The minimum Gasteiger partial charge on any atom is -0.504 e. The van der Waals surface area contributed by atoms with Gasteiger partial charge in [0.15, 0.2) is 17.6 Å². The molecule has 0 saturated carbocycles. The topological polar surface area (TPSA) is 84.9 Å². The molecule has 0 aliphatic carbocycles. The van der Waals surface area contributed by atoms with Crippen LogP contribution in [0.4, 0.5) is 5.69 Å². The van der Waals surface area contributed by atoms with Gasteiger partial charge in [-0.2, -0.15) is 0 Å². The zero-order chi connectivity index (χ0) is 20.8. The van der Waals surface area contributed by atoms with Crippen molar-refractivity contribution in [1.29, 1.82) is 0 Å². The summed E-state index contributed by atoms with van der Waals surface area (Å²) in [4.78, 5) is 24.5. The molecule has 0 bridgehead atoms. The number of phenolic OH excluding ortho intramolecular Hbond substituents is 1. The molecule has 0 radical (unpaired) electrons. The van der Waals surface area contributed by atoms with Gasteiger partial charge in [0.25, 0.3) is 5.91 Å². The first-order chi connectivity index (χ1) is 14.0. The fourth-order valence-corrected chi connectivity index (χ4v) is 2.80. The summed E-state index contributed by atoms with van der Waals surface area (Å²) < 4.78 is 10.2. The molecule has 3 rings (SSSR count). The average molecular weight is 391 g/mol. The smallest absolute Gasteiger partial charge is 0.331 e. The largest absolute Gasteiger partial charge is 0.504 e. The fraction of sp³-hybridized carbons (Fsp3) is 0.130. The van der Waals surface area contributed by atoms with Crippen LogP contribution in [-0.4, -0.2) is 30.2 Å². The number of amides is 1. The average Bonchev–Trinajstić information content (AvgIpc) is 2.73. The van der Waals surface area contributed by atoms with E-state index in [9.17, 15) is 14.7 Å². The van der Waals surface area contributed by atoms with E-state index in [1.54, 1.807) is 18.2 Å². The van der Waals surface area contributed by atoms with Crippen LogP contribution in [0.25, 0.3) is 16.8 Å². The van der Waals surface area contributed by atoms with E-state index in [2.05, 4.69) is 5.32 Å². The first-order valence-electron chi connectivity index (χ1n) is 9.02. The SMILES string of the molecule is COc1cc(/C=C/C(=O)O[C@@H](C)C(=O)Nc2cccc3ccccc23)ccc1O. The number of fused-ring (bicyclic) bond motifs is 1. The predicted molar refractivity (Wildman–Crippen MR) is 112 cm³/mol. The van der Waals surface area contributed by atoms with Gasteiger partial charge in [-0.3, -0.25) is 4.79 Å². The van der Waals surface area contributed by atoms with Crippen LogP contribution in [0.3, 0.4) is 0 Å². The quantitative estimate of drug-likeness (QED) is 0.487. The van der Waals surface area contributed by atoms with Crippen LogP contribution >= 0.6 is 0 Å². The molecule has 1 atom stereocenters. The van der Waals surface area contributed by atoms with Crippen LogP contribution in [0.5, 0.6) is 11.5 Å². The van der Waals surface area contributed by atoms with E-state index >= 15 is 0 Å². The number of hydrogen-bond acceptors (Lipinski definition) is 5. The third kappa shape index (κ3) is 4.93. The molecule has 6 heteroatoms. The summed E-state index contributed by atoms with van der Waals surface area (Å²) in [5.41, 5.74) is 1.30. The minimum absolute atomic E-state index is 0.00551. The lowest BCUT2D eigenvalue weighted by molar-refractivity contribution is -0.148. The van der Waals surface area contributed by atoms with Crippen molar-refractivity contribution in [3.05, 3.63) is 72.3 Å². The molecule has 3 aromatic rings. The summed E-state index contributed by atoms with van der Waals surface area (Å²) in [5, 5.41) is 14.3. The summed E-state index contributed by atoms with van der Waals surface area (Å²) in [6.45, 7) is 1.51. The van der Waals surface area contributed by atoms with Crippen molar-refractivity contribution in [3.8, 4) is 11.5 Å². The zero-order valence-corrected chi connectivity index (χ0v) is 16.1. The maximum atomic E-state index is 12.4. The van der Waals surface area contributed by atoms with Crippen LogP contribution < -0.4 is 10.1 Å². The first kappa shape index (κ1) is 19.9. The second-order valence-electron chi connectivity index (χ2n) is 6.36. The number of carbonyl (C=O) groups excluding carboxylic acids is 2. The number of anilines is 1. The highest BCUT2D eigenvalue weighted by Crippen LogP contribution is 2.27. The predicted octanol–water partition coefficient (Wildman–Crippen LogP) is 4.14. The molecule has 0 fully saturated rings. The van der Waals surface area contributed by atoms with Gasteiger partial charge in [0.2, 0.25) is 0 Å². The Labute approximate surface area is 168 Å². The Kier molecular flexibility index (Phi) is 6.14. The monoisotopic (exact) mass is 391 g/mol. The summed E-state index contributed by atoms with van der Waals surface area (Å²) >= 11 is 0. The van der Waals surface area contributed by atoms with Crippen LogP contribution in [-0.2, 0) is 14.3 Å². The Balaban J connectivity index is 1.62. The van der Waals surface area contributed by atoms with Crippen molar-refractivity contribution in [3.63, 3.8) is 0 Å². The Morgan fingerprint density at radius 3 is 2.62 bits per heavy atom. The molecule has 2 N–H and O–H groups in total. The second kappa shape index (κ2) is 8.93. The highest BCUT2D eigenvalue weighted by molar-refractivity contribution is 6.04. The van der Waals surface area contributed by atoms with Crippen molar-refractivity contribution >= 4 is 34.4 Å². The molecule has 0 unspecified atom stereocenters. The molecule has 1 amide bonds. The van der Waals surface area contributed by atoms with Gasteiger partial charge in [0.05, 0.1) is 7.11 Å². The molecule has 148 valence electrons. The molecule has 0 heterocycles. The van der Waals surface area contributed by atoms with Crippen molar-refractivity contribution < 1.29 is 24.2 Å². The molecule has 3 aromatic carbocycles. The van der Waals surface area contributed by atoms with E-state index in [-0.39, 0.29) is 5.75 Å². The molecule has 0 spiro atoms. The van der Waals surface area contributed by atoms with Gasteiger partial charge in [-0.1, -0.05) is 42.5 Å². The van der Waals surface area contributed by atoms with Crippen LogP contribution in [0.15, 0.2) is 66.7 Å². The molecular weight excluding hydrogens is 370 g/mol. The van der Waals surface area contributed by atoms with Gasteiger partial charge >= 0.3 is 5.97 Å². The van der Waals surface area contributed by atoms with E-state index in [1.165, 1.54) is 32.3 Å². The zero-order valence-electron chi connectivity index (χ0n) is 16.1. The number of phenols is 1. The molecule has 29 heavy (non-hydrogen) atoms. The third-order valence-electron chi connectivity index (χ3n) is 4.33. The van der Waals surface area contributed by atoms with Crippen LogP contribution in [0, 0.1) is 0 Å². The molecule has 0 saturated heterocycles. The Morgan fingerprint density at radius 1 is 1.07 bits per heavy atom. The highest BCUT2D eigenvalue weighted by Gasteiger charge is 2.17. The highest BCUT2D eigenvalue weighted by atomic mass is 16.5. The maximum absolute atomic E-state index is 12.4. The number of aromatic hydroxyl groups is 1. The summed E-state index contributed by atoms with van der Waals surface area (Å²) in [7, 11) is 1.44. The normalized spacial score (nSPS) is 11.9. The summed E-state index contributed by atoms with van der Waals surface area (Å²) in [6, 6.07) is 18.0. The maximum Gasteiger partial charge on any atom is 0.331 e. The van der Waals surface area contributed by atoms with Crippen molar-refractivity contribution in [2.45, 2.75) is 13.0 Å². The summed E-state index contributed by atoms with van der Waals surface area (Å²) in [6.07, 6.45) is 1.76. The lowest BCUT2D eigenvalue weighted by Crippen LogP contribution is -2.29. The molecule has 0 aliphatic heterocycles. The Hall–Kier alpha value is -3.80. The van der Waals surface area contributed by atoms with Crippen molar-refractivity contribution in [2.24, 2.45) is 0 Å². The van der Waals surface area contributed by atoms with Gasteiger partial charge in [0, 0.05) is 17.1 Å². The van der Waals surface area contributed by atoms with E-state index in [4.69, 9.17) is 9.47 Å². The molecule has 0 aliphatic rings. The summed E-state index contributed by atoms with van der Waals surface area (Å²) in [5.74, 6) is -0.777. The van der Waals surface area contributed by atoms with Gasteiger partial charge in [-0.15, -0.1) is 0 Å². The van der Waals surface area contributed by atoms with E-state index in [0.717, 1.165) is 10.8 Å².